The number of amides is 1. The van der Waals surface area contributed by atoms with E-state index in [-0.39, 0.29) is 12.2 Å². The molecule has 0 unspecified atom stereocenters. The molecule has 2 fully saturated rings. The molecule has 5 heteroatoms. The number of hydrogen-bond acceptors (Lipinski definition) is 4. The summed E-state index contributed by atoms with van der Waals surface area (Å²) in [6.07, 6.45) is -0.253. The fourth-order valence-electron chi connectivity index (χ4n) is 2.62. The lowest BCUT2D eigenvalue weighted by Gasteiger charge is -2.28. The van der Waals surface area contributed by atoms with Crippen LogP contribution in [0.4, 0.5) is 10.5 Å². The maximum absolute atomic E-state index is 11.9. The minimum Gasteiger partial charge on any atom is -0.443 e. The van der Waals surface area contributed by atoms with E-state index in [1.54, 1.807) is 4.90 Å². The molecule has 2 aliphatic rings. The van der Waals surface area contributed by atoms with Crippen molar-refractivity contribution in [2.24, 2.45) is 0 Å². The Kier molecular flexibility index (Phi) is 3.66. The first-order chi connectivity index (χ1) is 9.33. The number of rotatable bonds is 3. The topological polar surface area (TPSA) is 44.8 Å². The highest BCUT2D eigenvalue weighted by Crippen LogP contribution is 2.21. The summed E-state index contributed by atoms with van der Waals surface area (Å²) < 4.78 is 5.46. The van der Waals surface area contributed by atoms with Crippen LogP contribution in [0, 0.1) is 0 Å². The van der Waals surface area contributed by atoms with Crippen molar-refractivity contribution < 1.29 is 9.53 Å². The molecule has 5 nitrogen and oxygen atoms in total. The maximum atomic E-state index is 11.9. The number of carbonyl (C=O) groups is 1. The molecule has 1 amide bonds. The first-order valence-corrected chi connectivity index (χ1v) is 6.79. The van der Waals surface area contributed by atoms with E-state index in [1.165, 1.54) is 0 Å². The normalized spacial score (nSPS) is 24.5. The summed E-state index contributed by atoms with van der Waals surface area (Å²) in [6.45, 7) is 5.56. The Morgan fingerprint density at radius 1 is 1.21 bits per heavy atom. The van der Waals surface area contributed by atoms with Crippen molar-refractivity contribution in [2.75, 3.05) is 44.2 Å². The molecule has 0 spiro atoms. The summed E-state index contributed by atoms with van der Waals surface area (Å²) >= 11 is 0. The minimum absolute atomic E-state index is 0.0224. The molecule has 3 rings (SSSR count). The molecule has 102 valence electrons. The fourth-order valence-corrected chi connectivity index (χ4v) is 2.62. The molecular formula is C14H19N3O2. The zero-order chi connectivity index (χ0) is 13.1. The Balaban J connectivity index is 1.60. The van der Waals surface area contributed by atoms with E-state index in [9.17, 15) is 4.79 Å². The average molecular weight is 261 g/mol. The van der Waals surface area contributed by atoms with Crippen molar-refractivity contribution in [1.82, 2.24) is 10.2 Å². The van der Waals surface area contributed by atoms with Gasteiger partial charge >= 0.3 is 6.09 Å². The lowest BCUT2D eigenvalue weighted by molar-refractivity contribution is 0.104. The lowest BCUT2D eigenvalue weighted by Crippen LogP contribution is -2.46. The number of ether oxygens (including phenoxy) is 1. The van der Waals surface area contributed by atoms with Crippen LogP contribution in [0.1, 0.15) is 0 Å². The van der Waals surface area contributed by atoms with Gasteiger partial charge in [0, 0.05) is 38.4 Å². The van der Waals surface area contributed by atoms with Gasteiger partial charge in [-0.15, -0.1) is 0 Å². The molecule has 19 heavy (non-hydrogen) atoms. The quantitative estimate of drug-likeness (QED) is 0.878. The molecule has 1 aromatic carbocycles. The monoisotopic (exact) mass is 261 g/mol. The van der Waals surface area contributed by atoms with Crippen LogP contribution in [-0.2, 0) is 4.74 Å². The van der Waals surface area contributed by atoms with Crippen molar-refractivity contribution in [2.45, 2.75) is 6.10 Å². The summed E-state index contributed by atoms with van der Waals surface area (Å²) in [4.78, 5) is 16.0. The molecule has 0 aromatic heterocycles. The number of nitrogens with zero attached hydrogens (tertiary/aromatic N) is 2. The van der Waals surface area contributed by atoms with Gasteiger partial charge in [-0.2, -0.15) is 0 Å². The fraction of sp³-hybridized carbons (Fsp3) is 0.500. The highest BCUT2D eigenvalue weighted by atomic mass is 16.6. The predicted octanol–water partition coefficient (Wildman–Crippen LogP) is 0.917. The number of nitrogens with one attached hydrogen (secondary N) is 1. The molecule has 0 aliphatic carbocycles. The third-order valence-corrected chi connectivity index (χ3v) is 3.61. The van der Waals surface area contributed by atoms with E-state index in [0.29, 0.717) is 6.54 Å². The summed E-state index contributed by atoms with van der Waals surface area (Å²) in [6, 6.07) is 9.70. The molecule has 2 heterocycles. The van der Waals surface area contributed by atoms with Crippen molar-refractivity contribution in [3.63, 3.8) is 0 Å². The average Bonchev–Trinajstić information content (AvgIpc) is 2.82. The number of piperazine rings is 1. The number of para-hydroxylation sites is 1. The van der Waals surface area contributed by atoms with Crippen molar-refractivity contribution in [3.05, 3.63) is 30.3 Å². The predicted molar refractivity (Wildman–Crippen MR) is 73.4 cm³/mol. The molecule has 1 aromatic rings. The Hall–Kier alpha value is -1.59. The maximum Gasteiger partial charge on any atom is 0.414 e. The van der Waals surface area contributed by atoms with Crippen LogP contribution in [0.3, 0.4) is 0 Å². The number of cyclic esters (lactones) is 1. The first kappa shape index (κ1) is 12.4. The van der Waals surface area contributed by atoms with Gasteiger partial charge in [0.2, 0.25) is 0 Å². The third kappa shape index (κ3) is 2.88. The molecule has 2 saturated heterocycles. The second-order valence-corrected chi connectivity index (χ2v) is 5.00. The standard InChI is InChI=1S/C14H19N3O2/c18-14-17(12-4-2-1-3-5-12)11-13(19-14)10-16-8-6-15-7-9-16/h1-5,13,15H,6-11H2/t13-/m1/s1. The largest absolute Gasteiger partial charge is 0.443 e. The molecule has 0 bridgehead atoms. The van der Waals surface area contributed by atoms with E-state index in [2.05, 4.69) is 10.2 Å². The van der Waals surface area contributed by atoms with Crippen LogP contribution in [0.5, 0.6) is 0 Å². The van der Waals surface area contributed by atoms with E-state index in [1.807, 2.05) is 30.3 Å². The van der Waals surface area contributed by atoms with Crippen molar-refractivity contribution >= 4 is 11.8 Å². The van der Waals surface area contributed by atoms with Gasteiger partial charge in [-0.05, 0) is 12.1 Å². The summed E-state index contributed by atoms with van der Waals surface area (Å²) in [7, 11) is 0. The Morgan fingerprint density at radius 3 is 2.68 bits per heavy atom. The van der Waals surface area contributed by atoms with Gasteiger partial charge in [0.25, 0.3) is 0 Å². The van der Waals surface area contributed by atoms with Crippen LogP contribution in [0.2, 0.25) is 0 Å². The molecule has 0 saturated carbocycles. The van der Waals surface area contributed by atoms with Crippen molar-refractivity contribution in [1.29, 1.82) is 0 Å². The van der Waals surface area contributed by atoms with Crippen LogP contribution in [0.25, 0.3) is 0 Å². The lowest BCUT2D eigenvalue weighted by atomic mass is 10.2. The second-order valence-electron chi connectivity index (χ2n) is 5.00. The number of hydrogen-bond donors (Lipinski definition) is 1. The molecule has 2 aliphatic heterocycles. The first-order valence-electron chi connectivity index (χ1n) is 6.79. The number of benzene rings is 1. The van der Waals surface area contributed by atoms with Gasteiger partial charge in [0.15, 0.2) is 0 Å². The van der Waals surface area contributed by atoms with Crippen LogP contribution in [-0.4, -0.2) is 56.4 Å². The van der Waals surface area contributed by atoms with Crippen LogP contribution in [0.15, 0.2) is 30.3 Å². The Bertz CT molecular complexity index is 432. The number of carbonyl (C=O) groups excluding carboxylic acids is 1. The van der Waals surface area contributed by atoms with E-state index in [4.69, 9.17) is 4.74 Å². The highest BCUT2D eigenvalue weighted by molar-refractivity contribution is 5.89. The smallest absolute Gasteiger partial charge is 0.414 e. The molecule has 0 radical (unpaired) electrons. The van der Waals surface area contributed by atoms with Gasteiger partial charge in [-0.1, -0.05) is 18.2 Å². The van der Waals surface area contributed by atoms with Gasteiger partial charge in [0.05, 0.1) is 6.54 Å². The van der Waals surface area contributed by atoms with Gasteiger partial charge in [-0.3, -0.25) is 9.80 Å². The van der Waals surface area contributed by atoms with Gasteiger partial charge < -0.3 is 10.1 Å². The Labute approximate surface area is 113 Å². The van der Waals surface area contributed by atoms with E-state index >= 15 is 0 Å². The SMILES string of the molecule is O=C1O[C@H](CN2CCNCC2)CN1c1ccccc1. The molecule has 1 N–H and O–H groups in total. The Morgan fingerprint density at radius 2 is 1.95 bits per heavy atom. The summed E-state index contributed by atoms with van der Waals surface area (Å²) in [5.74, 6) is 0. The second kappa shape index (κ2) is 5.59. The molecular weight excluding hydrogens is 242 g/mol. The summed E-state index contributed by atoms with van der Waals surface area (Å²) in [5, 5.41) is 3.32. The highest BCUT2D eigenvalue weighted by Gasteiger charge is 2.33. The van der Waals surface area contributed by atoms with Gasteiger partial charge in [-0.25, -0.2) is 4.79 Å². The zero-order valence-corrected chi connectivity index (χ0v) is 10.9. The third-order valence-electron chi connectivity index (χ3n) is 3.61. The van der Waals surface area contributed by atoms with E-state index < -0.39 is 0 Å². The van der Waals surface area contributed by atoms with Crippen LogP contribution < -0.4 is 10.2 Å². The minimum atomic E-state index is -0.230. The van der Waals surface area contributed by atoms with Gasteiger partial charge in [0.1, 0.15) is 6.10 Å². The zero-order valence-electron chi connectivity index (χ0n) is 10.9. The van der Waals surface area contributed by atoms with Crippen molar-refractivity contribution in [3.8, 4) is 0 Å². The van der Waals surface area contributed by atoms with E-state index in [0.717, 1.165) is 38.4 Å². The molecule has 1 atom stereocenters. The number of anilines is 1. The summed E-state index contributed by atoms with van der Waals surface area (Å²) in [5.41, 5.74) is 0.912. The van der Waals surface area contributed by atoms with Crippen LogP contribution >= 0.6 is 0 Å².